The smallest absolute Gasteiger partial charge is 0.303 e. The summed E-state index contributed by atoms with van der Waals surface area (Å²) in [4.78, 5) is 10.4. The zero-order chi connectivity index (χ0) is 14.8. The molecule has 0 amide bonds. The lowest BCUT2D eigenvalue weighted by molar-refractivity contribution is -0.137. The van der Waals surface area contributed by atoms with Crippen LogP contribution in [0.15, 0.2) is 24.3 Å². The molecule has 0 atom stereocenters. The Labute approximate surface area is 122 Å². The van der Waals surface area contributed by atoms with Crippen LogP contribution < -0.4 is 0 Å². The molecule has 1 aromatic rings. The summed E-state index contributed by atoms with van der Waals surface area (Å²) in [5.74, 6) is -0.679. The van der Waals surface area contributed by atoms with Gasteiger partial charge in [0.15, 0.2) is 0 Å². The highest BCUT2D eigenvalue weighted by Crippen LogP contribution is 2.14. The minimum atomic E-state index is -0.679. The third kappa shape index (κ3) is 7.13. The zero-order valence-corrected chi connectivity index (χ0v) is 12.7. The zero-order valence-electron chi connectivity index (χ0n) is 12.7. The van der Waals surface area contributed by atoms with Crippen LogP contribution in [0.2, 0.25) is 0 Å². The molecule has 1 aromatic carbocycles. The highest BCUT2D eigenvalue weighted by atomic mass is 16.4. The third-order valence-corrected chi connectivity index (χ3v) is 3.49. The molecule has 0 fully saturated rings. The van der Waals surface area contributed by atoms with Crippen molar-refractivity contribution in [3.05, 3.63) is 41.0 Å². The summed E-state index contributed by atoms with van der Waals surface area (Å²) >= 11 is 0. The normalized spacial score (nSPS) is 11.1. The van der Waals surface area contributed by atoms with Crippen molar-refractivity contribution >= 4 is 12.0 Å². The van der Waals surface area contributed by atoms with Crippen LogP contribution in [0.25, 0.3) is 6.08 Å². The van der Waals surface area contributed by atoms with E-state index >= 15 is 0 Å². The van der Waals surface area contributed by atoms with Gasteiger partial charge >= 0.3 is 5.97 Å². The van der Waals surface area contributed by atoms with Crippen LogP contribution >= 0.6 is 0 Å². The molecule has 110 valence electrons. The van der Waals surface area contributed by atoms with E-state index in [1.165, 1.54) is 29.5 Å². The topological polar surface area (TPSA) is 37.3 Å². The molecule has 0 spiro atoms. The van der Waals surface area contributed by atoms with Crippen molar-refractivity contribution in [2.75, 3.05) is 0 Å². The number of allylic oxidation sites excluding steroid dienone is 1. The minimum Gasteiger partial charge on any atom is -0.481 e. The Hall–Kier alpha value is -1.57. The van der Waals surface area contributed by atoms with Crippen LogP contribution in [0.4, 0.5) is 0 Å². The van der Waals surface area contributed by atoms with E-state index in [9.17, 15) is 4.79 Å². The molecule has 0 aliphatic carbocycles. The highest BCUT2D eigenvalue weighted by molar-refractivity contribution is 5.66. The van der Waals surface area contributed by atoms with E-state index in [0.717, 1.165) is 25.7 Å². The molecule has 0 unspecified atom stereocenters. The van der Waals surface area contributed by atoms with E-state index < -0.39 is 5.97 Å². The summed E-state index contributed by atoms with van der Waals surface area (Å²) in [6.45, 7) is 4.26. The quantitative estimate of drug-likeness (QED) is 0.634. The molecule has 0 saturated carbocycles. The standard InChI is InChI=1S/C18H26O2/c1-15-12-13-16(2)17(14-15)10-8-6-4-3-5-7-9-11-18(19)20/h8,10,12-14H,3-7,9,11H2,1-2H3,(H,19,20). The van der Waals surface area contributed by atoms with Crippen molar-refractivity contribution in [1.29, 1.82) is 0 Å². The summed E-state index contributed by atoms with van der Waals surface area (Å²) in [5.41, 5.74) is 3.93. The van der Waals surface area contributed by atoms with Gasteiger partial charge in [-0.2, -0.15) is 0 Å². The van der Waals surface area contributed by atoms with Crippen molar-refractivity contribution in [2.24, 2.45) is 0 Å². The lowest BCUT2D eigenvalue weighted by atomic mass is 10.0. The van der Waals surface area contributed by atoms with Gasteiger partial charge in [0, 0.05) is 6.42 Å². The maximum absolute atomic E-state index is 10.4. The molecule has 0 bridgehead atoms. The fourth-order valence-corrected chi connectivity index (χ4v) is 2.22. The predicted molar refractivity (Wildman–Crippen MR) is 84.9 cm³/mol. The number of unbranched alkanes of at least 4 members (excludes halogenated alkanes) is 5. The molecule has 2 heteroatoms. The highest BCUT2D eigenvalue weighted by Gasteiger charge is 1.96. The van der Waals surface area contributed by atoms with Crippen molar-refractivity contribution < 1.29 is 9.90 Å². The summed E-state index contributed by atoms with van der Waals surface area (Å²) in [6.07, 6.45) is 11.3. The van der Waals surface area contributed by atoms with Crippen LogP contribution in [0.3, 0.4) is 0 Å². The number of carboxylic acids is 1. The Bertz CT molecular complexity index is 447. The summed E-state index contributed by atoms with van der Waals surface area (Å²) in [7, 11) is 0. The number of hydrogen-bond donors (Lipinski definition) is 1. The Morgan fingerprint density at radius 2 is 1.80 bits per heavy atom. The van der Waals surface area contributed by atoms with E-state index in [4.69, 9.17) is 5.11 Å². The molecule has 1 rings (SSSR count). The van der Waals surface area contributed by atoms with Gasteiger partial charge in [0.2, 0.25) is 0 Å². The summed E-state index contributed by atoms with van der Waals surface area (Å²) in [5, 5.41) is 8.53. The number of aryl methyl sites for hydroxylation is 2. The first-order chi connectivity index (χ1) is 9.59. The maximum atomic E-state index is 10.4. The predicted octanol–water partition coefficient (Wildman–Crippen LogP) is 5.13. The van der Waals surface area contributed by atoms with Gasteiger partial charge < -0.3 is 5.11 Å². The van der Waals surface area contributed by atoms with E-state index in [2.05, 4.69) is 44.2 Å². The molecule has 20 heavy (non-hydrogen) atoms. The van der Waals surface area contributed by atoms with Crippen molar-refractivity contribution in [2.45, 2.75) is 58.8 Å². The lowest BCUT2D eigenvalue weighted by Gasteiger charge is -2.02. The number of aliphatic carboxylic acids is 1. The van der Waals surface area contributed by atoms with Crippen molar-refractivity contribution in [3.63, 3.8) is 0 Å². The Kier molecular flexibility index (Phi) is 7.71. The molecule has 0 radical (unpaired) electrons. The number of hydrogen-bond acceptors (Lipinski definition) is 1. The first-order valence-electron chi connectivity index (χ1n) is 7.55. The van der Waals surface area contributed by atoms with Gasteiger partial charge in [-0.25, -0.2) is 0 Å². The van der Waals surface area contributed by atoms with Gasteiger partial charge in [0.05, 0.1) is 0 Å². The molecular weight excluding hydrogens is 248 g/mol. The first kappa shape index (κ1) is 16.5. The second kappa shape index (κ2) is 9.35. The van der Waals surface area contributed by atoms with Crippen LogP contribution in [-0.4, -0.2) is 11.1 Å². The Morgan fingerprint density at radius 1 is 1.10 bits per heavy atom. The molecule has 0 aliphatic heterocycles. The van der Waals surface area contributed by atoms with Crippen molar-refractivity contribution in [1.82, 2.24) is 0 Å². The Morgan fingerprint density at radius 3 is 2.55 bits per heavy atom. The van der Waals surface area contributed by atoms with Gasteiger partial charge in [-0.05, 0) is 44.2 Å². The average molecular weight is 274 g/mol. The molecule has 0 saturated heterocycles. The van der Waals surface area contributed by atoms with Crippen molar-refractivity contribution in [3.8, 4) is 0 Å². The summed E-state index contributed by atoms with van der Waals surface area (Å²) < 4.78 is 0. The maximum Gasteiger partial charge on any atom is 0.303 e. The molecule has 0 aliphatic rings. The Balaban J connectivity index is 2.13. The minimum absolute atomic E-state index is 0.312. The number of carbonyl (C=O) groups is 1. The van der Waals surface area contributed by atoms with Gasteiger partial charge in [0.25, 0.3) is 0 Å². The number of carboxylic acid groups (broad SMARTS) is 1. The second-order valence-corrected chi connectivity index (χ2v) is 5.46. The van der Waals surface area contributed by atoms with E-state index in [-0.39, 0.29) is 0 Å². The van der Waals surface area contributed by atoms with E-state index in [1.807, 2.05) is 0 Å². The van der Waals surface area contributed by atoms with Crippen LogP contribution in [-0.2, 0) is 4.79 Å². The molecular formula is C18H26O2. The molecule has 0 aromatic heterocycles. The molecule has 2 nitrogen and oxygen atoms in total. The van der Waals surface area contributed by atoms with Gasteiger partial charge in [-0.1, -0.05) is 55.2 Å². The van der Waals surface area contributed by atoms with Crippen LogP contribution in [0.1, 0.15) is 61.6 Å². The average Bonchev–Trinajstić information content (AvgIpc) is 2.40. The van der Waals surface area contributed by atoms with E-state index in [0.29, 0.717) is 6.42 Å². The monoisotopic (exact) mass is 274 g/mol. The lowest BCUT2D eigenvalue weighted by Crippen LogP contribution is -1.93. The van der Waals surface area contributed by atoms with Crippen LogP contribution in [0.5, 0.6) is 0 Å². The largest absolute Gasteiger partial charge is 0.481 e. The fraction of sp³-hybridized carbons (Fsp3) is 0.500. The third-order valence-electron chi connectivity index (χ3n) is 3.49. The summed E-state index contributed by atoms with van der Waals surface area (Å²) in [6, 6.07) is 6.53. The fourth-order valence-electron chi connectivity index (χ4n) is 2.22. The van der Waals surface area contributed by atoms with Crippen LogP contribution in [0, 0.1) is 13.8 Å². The number of rotatable bonds is 9. The SMILES string of the molecule is Cc1ccc(C)c(C=CCCCCCCCC(=O)O)c1. The van der Waals surface area contributed by atoms with Gasteiger partial charge in [-0.15, -0.1) is 0 Å². The number of benzene rings is 1. The molecule has 0 heterocycles. The van der Waals surface area contributed by atoms with Gasteiger partial charge in [0.1, 0.15) is 0 Å². The van der Waals surface area contributed by atoms with E-state index in [1.54, 1.807) is 0 Å². The molecule has 1 N–H and O–H groups in total. The second-order valence-electron chi connectivity index (χ2n) is 5.46. The first-order valence-corrected chi connectivity index (χ1v) is 7.55. The van der Waals surface area contributed by atoms with Gasteiger partial charge in [-0.3, -0.25) is 4.79 Å².